The van der Waals surface area contributed by atoms with Crippen molar-refractivity contribution in [3.05, 3.63) is 76.8 Å². The summed E-state index contributed by atoms with van der Waals surface area (Å²) in [5.41, 5.74) is 0.477. The molecule has 0 saturated carbocycles. The summed E-state index contributed by atoms with van der Waals surface area (Å²) in [6.07, 6.45) is -0.982. The Morgan fingerprint density at radius 3 is 2.64 bits per heavy atom. The molecule has 0 atom stereocenters. The van der Waals surface area contributed by atoms with E-state index in [1.165, 1.54) is 6.07 Å². The first-order chi connectivity index (χ1) is 11.9. The molecule has 3 nitrogen and oxygen atoms in total. The third-order valence-electron chi connectivity index (χ3n) is 3.57. The summed E-state index contributed by atoms with van der Waals surface area (Å²) in [5, 5.41) is 3.39. The van der Waals surface area contributed by atoms with Crippen molar-refractivity contribution in [1.82, 2.24) is 10.3 Å². The van der Waals surface area contributed by atoms with Crippen molar-refractivity contribution in [2.24, 2.45) is 0 Å². The molecule has 0 saturated heterocycles. The van der Waals surface area contributed by atoms with Gasteiger partial charge >= 0.3 is 6.18 Å². The molecule has 1 aromatic carbocycles. The summed E-state index contributed by atoms with van der Waals surface area (Å²) < 4.78 is 44.2. The topological polar surface area (TPSA) is 38.1 Å². The normalized spacial score (nSPS) is 11.7. The van der Waals surface area contributed by atoms with Gasteiger partial charge in [-0.05, 0) is 42.0 Å². The van der Waals surface area contributed by atoms with Gasteiger partial charge in [-0.2, -0.15) is 13.2 Å². The van der Waals surface area contributed by atoms with E-state index in [2.05, 4.69) is 10.3 Å². The number of hydrogen-bond donors (Lipinski definition) is 1. The maximum Gasteiger partial charge on any atom is 0.416 e. The first kappa shape index (κ1) is 17.5. The van der Waals surface area contributed by atoms with Gasteiger partial charge in [-0.25, -0.2) is 0 Å². The molecule has 0 aliphatic heterocycles. The van der Waals surface area contributed by atoms with Crippen molar-refractivity contribution in [2.45, 2.75) is 19.3 Å². The number of nitrogens with zero attached hydrogens (tertiary/aromatic N) is 1. The molecule has 25 heavy (non-hydrogen) atoms. The predicted octanol–water partition coefficient (Wildman–Crippen LogP) is 5.30. The minimum Gasteiger partial charge on any atom is -0.460 e. The van der Waals surface area contributed by atoms with E-state index in [9.17, 15) is 13.2 Å². The van der Waals surface area contributed by atoms with Gasteiger partial charge in [0.05, 0.1) is 17.1 Å². The minimum absolute atomic E-state index is 0.206. The van der Waals surface area contributed by atoms with Gasteiger partial charge in [0.25, 0.3) is 0 Å². The number of benzene rings is 1. The second-order valence-corrected chi connectivity index (χ2v) is 5.83. The number of pyridine rings is 1. The van der Waals surface area contributed by atoms with Gasteiger partial charge in [0.2, 0.25) is 0 Å². The van der Waals surface area contributed by atoms with Crippen molar-refractivity contribution in [1.29, 1.82) is 0 Å². The smallest absolute Gasteiger partial charge is 0.416 e. The average Bonchev–Trinajstić information content (AvgIpc) is 3.04. The second-order valence-electron chi connectivity index (χ2n) is 5.42. The predicted molar refractivity (Wildman–Crippen MR) is 88.9 cm³/mol. The Hall–Kier alpha value is -2.31. The van der Waals surface area contributed by atoms with Crippen LogP contribution in [0.15, 0.2) is 59.3 Å². The lowest BCUT2D eigenvalue weighted by Gasteiger charge is -2.09. The van der Waals surface area contributed by atoms with Crippen LogP contribution in [0, 0.1) is 0 Å². The molecule has 3 aromatic rings. The van der Waals surface area contributed by atoms with Crippen molar-refractivity contribution in [3.8, 4) is 11.3 Å². The molecule has 1 N–H and O–H groups in total. The Morgan fingerprint density at radius 2 is 1.92 bits per heavy atom. The molecule has 2 aromatic heterocycles. The largest absolute Gasteiger partial charge is 0.460 e. The van der Waals surface area contributed by atoms with E-state index in [4.69, 9.17) is 16.0 Å². The molecule has 0 fully saturated rings. The molecule has 0 radical (unpaired) electrons. The van der Waals surface area contributed by atoms with Crippen LogP contribution in [0.3, 0.4) is 0 Å². The Labute approximate surface area is 147 Å². The SMILES string of the molecule is FC(F)(F)c1ccc(Cl)c(-c2ccc(CNCc3cccnc3)o2)c1. The first-order valence-corrected chi connectivity index (χ1v) is 7.87. The Balaban J connectivity index is 1.71. The quantitative estimate of drug-likeness (QED) is 0.665. The van der Waals surface area contributed by atoms with Gasteiger partial charge in [-0.15, -0.1) is 0 Å². The Morgan fingerprint density at radius 1 is 1.08 bits per heavy atom. The van der Waals surface area contributed by atoms with Crippen LogP contribution < -0.4 is 5.32 Å². The van der Waals surface area contributed by atoms with Crippen molar-refractivity contribution in [3.63, 3.8) is 0 Å². The van der Waals surface area contributed by atoms with E-state index in [0.29, 0.717) is 24.6 Å². The molecule has 130 valence electrons. The summed E-state index contributed by atoms with van der Waals surface area (Å²) >= 11 is 6.02. The fourth-order valence-electron chi connectivity index (χ4n) is 2.34. The maximum absolute atomic E-state index is 12.9. The molecule has 2 heterocycles. The third kappa shape index (κ3) is 4.41. The van der Waals surface area contributed by atoms with E-state index in [-0.39, 0.29) is 10.6 Å². The lowest BCUT2D eigenvalue weighted by molar-refractivity contribution is -0.137. The van der Waals surface area contributed by atoms with E-state index in [1.54, 1.807) is 24.5 Å². The van der Waals surface area contributed by atoms with E-state index >= 15 is 0 Å². The Bertz CT molecular complexity index is 847. The zero-order valence-corrected chi connectivity index (χ0v) is 13.7. The van der Waals surface area contributed by atoms with Gasteiger partial charge in [-0.1, -0.05) is 17.7 Å². The fraction of sp³-hybridized carbons (Fsp3) is 0.167. The van der Waals surface area contributed by atoms with Crippen molar-refractivity contribution in [2.75, 3.05) is 0 Å². The molecule has 3 rings (SSSR count). The van der Waals surface area contributed by atoms with Crippen LogP contribution in [-0.2, 0) is 19.3 Å². The summed E-state index contributed by atoms with van der Waals surface area (Å²) in [4.78, 5) is 4.02. The highest BCUT2D eigenvalue weighted by molar-refractivity contribution is 6.33. The van der Waals surface area contributed by atoms with Gasteiger partial charge in [0, 0.05) is 24.5 Å². The summed E-state index contributed by atoms with van der Waals surface area (Å²) in [6.45, 7) is 1.04. The van der Waals surface area contributed by atoms with Crippen LogP contribution in [0.1, 0.15) is 16.9 Å². The highest BCUT2D eigenvalue weighted by Gasteiger charge is 2.31. The number of halogens is 4. The lowest BCUT2D eigenvalue weighted by atomic mass is 10.1. The number of aromatic nitrogens is 1. The van der Waals surface area contributed by atoms with Crippen LogP contribution in [-0.4, -0.2) is 4.98 Å². The molecule has 7 heteroatoms. The van der Waals surface area contributed by atoms with E-state index < -0.39 is 11.7 Å². The van der Waals surface area contributed by atoms with E-state index in [1.807, 2.05) is 12.1 Å². The molecule has 0 bridgehead atoms. The van der Waals surface area contributed by atoms with Crippen LogP contribution >= 0.6 is 11.6 Å². The fourth-order valence-corrected chi connectivity index (χ4v) is 2.55. The van der Waals surface area contributed by atoms with Gasteiger partial charge in [0.15, 0.2) is 0 Å². The monoisotopic (exact) mass is 366 g/mol. The molecule has 0 aliphatic rings. The van der Waals surface area contributed by atoms with Crippen molar-refractivity contribution < 1.29 is 17.6 Å². The van der Waals surface area contributed by atoms with Crippen LogP contribution in [0.4, 0.5) is 13.2 Å². The second kappa shape index (κ2) is 7.29. The first-order valence-electron chi connectivity index (χ1n) is 7.49. The maximum atomic E-state index is 12.9. The van der Waals surface area contributed by atoms with Crippen LogP contribution in [0.25, 0.3) is 11.3 Å². The minimum atomic E-state index is -4.43. The molecular weight excluding hydrogens is 353 g/mol. The standard InChI is InChI=1S/C18H14ClF3N2O/c19-16-5-3-13(18(20,21)22)8-15(16)17-6-4-14(25-17)11-24-10-12-2-1-7-23-9-12/h1-9,24H,10-11H2. The third-order valence-corrected chi connectivity index (χ3v) is 3.90. The molecule has 0 spiro atoms. The molecule has 0 amide bonds. The molecule has 0 unspecified atom stereocenters. The number of alkyl halides is 3. The number of nitrogens with one attached hydrogen (secondary N) is 1. The number of hydrogen-bond acceptors (Lipinski definition) is 3. The average molecular weight is 367 g/mol. The number of furan rings is 1. The summed E-state index contributed by atoms with van der Waals surface area (Å²) in [7, 11) is 0. The van der Waals surface area contributed by atoms with Crippen LogP contribution in [0.2, 0.25) is 5.02 Å². The van der Waals surface area contributed by atoms with E-state index in [0.717, 1.165) is 17.7 Å². The molecule has 0 aliphatic carbocycles. The van der Waals surface area contributed by atoms with Gasteiger partial charge in [-0.3, -0.25) is 4.98 Å². The summed E-state index contributed by atoms with van der Waals surface area (Å²) in [5.74, 6) is 0.904. The van der Waals surface area contributed by atoms with Gasteiger partial charge in [0.1, 0.15) is 11.5 Å². The summed E-state index contributed by atoms with van der Waals surface area (Å²) in [6, 6.07) is 10.3. The zero-order chi connectivity index (χ0) is 17.9. The zero-order valence-electron chi connectivity index (χ0n) is 13.0. The Kier molecular flexibility index (Phi) is 5.11. The van der Waals surface area contributed by atoms with Crippen molar-refractivity contribution >= 4 is 11.6 Å². The van der Waals surface area contributed by atoms with Crippen LogP contribution in [0.5, 0.6) is 0 Å². The van der Waals surface area contributed by atoms with Gasteiger partial charge < -0.3 is 9.73 Å². The molecular formula is C18H14ClF3N2O. The highest BCUT2D eigenvalue weighted by Crippen LogP contribution is 2.36. The highest BCUT2D eigenvalue weighted by atomic mass is 35.5. The lowest BCUT2D eigenvalue weighted by Crippen LogP contribution is -2.12. The number of rotatable bonds is 5.